The Morgan fingerprint density at radius 2 is 2.07 bits per heavy atom. The van der Waals surface area contributed by atoms with Gasteiger partial charge in [-0.05, 0) is 37.6 Å². The van der Waals surface area contributed by atoms with Gasteiger partial charge in [-0.2, -0.15) is 0 Å². The maximum Gasteiger partial charge on any atom is 0.311 e. The van der Waals surface area contributed by atoms with E-state index in [-0.39, 0.29) is 24.1 Å². The fourth-order valence-electron chi connectivity index (χ4n) is 2.65. The number of nitrogens with zero attached hydrogens (tertiary/aromatic N) is 2. The van der Waals surface area contributed by atoms with E-state index in [0.717, 1.165) is 27.2 Å². The van der Waals surface area contributed by atoms with Crippen LogP contribution in [-0.4, -0.2) is 41.3 Å². The van der Waals surface area contributed by atoms with Crippen molar-refractivity contribution in [2.45, 2.75) is 25.3 Å². The zero-order valence-electron chi connectivity index (χ0n) is 16.4. The van der Waals surface area contributed by atoms with E-state index >= 15 is 0 Å². The minimum atomic E-state index is -0.333. The highest BCUT2D eigenvalue weighted by molar-refractivity contribution is 7.99. The van der Waals surface area contributed by atoms with Crippen LogP contribution < -0.4 is 10.1 Å². The van der Waals surface area contributed by atoms with Gasteiger partial charge in [0.1, 0.15) is 5.75 Å². The number of rotatable bonds is 8. The first-order valence-corrected chi connectivity index (χ1v) is 10.8. The van der Waals surface area contributed by atoms with E-state index < -0.39 is 0 Å². The summed E-state index contributed by atoms with van der Waals surface area (Å²) in [7, 11) is 1.62. The minimum Gasteiger partial charge on any atom is -0.497 e. The number of carbonyl (C=O) groups is 2. The zero-order valence-corrected chi connectivity index (χ0v) is 18.0. The van der Waals surface area contributed by atoms with Crippen molar-refractivity contribution < 1.29 is 19.1 Å². The van der Waals surface area contributed by atoms with Crippen molar-refractivity contribution in [2.24, 2.45) is 0 Å². The molecule has 0 aliphatic carbocycles. The zero-order chi connectivity index (χ0) is 20.8. The second-order valence-corrected chi connectivity index (χ2v) is 7.98. The van der Waals surface area contributed by atoms with Crippen molar-refractivity contribution in [1.82, 2.24) is 9.97 Å². The Morgan fingerprint density at radius 3 is 2.83 bits per heavy atom. The second-order valence-electron chi connectivity index (χ2n) is 6.12. The smallest absolute Gasteiger partial charge is 0.311 e. The molecule has 0 bridgehead atoms. The van der Waals surface area contributed by atoms with Crippen LogP contribution in [0.25, 0.3) is 10.9 Å². The SMILES string of the molecule is CCOC(=O)Cc1csc(NC(=O)CSc2cc(C)c3ccc(OC)cc3n2)n1. The van der Waals surface area contributed by atoms with Crippen molar-refractivity contribution in [3.05, 3.63) is 40.9 Å². The van der Waals surface area contributed by atoms with E-state index in [9.17, 15) is 9.59 Å². The summed E-state index contributed by atoms with van der Waals surface area (Å²) in [5.41, 5.74) is 2.50. The van der Waals surface area contributed by atoms with E-state index in [1.165, 1.54) is 23.1 Å². The number of amides is 1. The summed E-state index contributed by atoms with van der Waals surface area (Å²) < 4.78 is 10.2. The second kappa shape index (κ2) is 9.71. The van der Waals surface area contributed by atoms with E-state index in [2.05, 4.69) is 15.3 Å². The number of pyridine rings is 1. The third kappa shape index (κ3) is 5.68. The van der Waals surface area contributed by atoms with Gasteiger partial charge in [-0.25, -0.2) is 9.97 Å². The quantitative estimate of drug-likeness (QED) is 0.428. The molecule has 1 N–H and O–H groups in total. The summed E-state index contributed by atoms with van der Waals surface area (Å²) in [5.74, 6) is 0.429. The molecule has 0 atom stereocenters. The molecule has 1 amide bonds. The third-order valence-electron chi connectivity index (χ3n) is 3.98. The number of anilines is 1. The van der Waals surface area contributed by atoms with Crippen LogP contribution >= 0.6 is 23.1 Å². The summed E-state index contributed by atoms with van der Waals surface area (Å²) >= 11 is 2.63. The molecular weight excluding hydrogens is 410 g/mol. The molecule has 1 aromatic carbocycles. The van der Waals surface area contributed by atoms with Crippen LogP contribution in [0.15, 0.2) is 34.7 Å². The number of ether oxygens (including phenoxy) is 2. The maximum atomic E-state index is 12.3. The van der Waals surface area contributed by atoms with Crippen LogP contribution in [0, 0.1) is 6.92 Å². The van der Waals surface area contributed by atoms with Crippen LogP contribution in [0.1, 0.15) is 18.2 Å². The minimum absolute atomic E-state index is 0.0959. The van der Waals surface area contributed by atoms with Gasteiger partial charge in [-0.1, -0.05) is 11.8 Å². The first-order valence-electron chi connectivity index (χ1n) is 8.96. The summed E-state index contributed by atoms with van der Waals surface area (Å²) in [6, 6.07) is 7.73. The van der Waals surface area contributed by atoms with Crippen molar-refractivity contribution in [2.75, 3.05) is 24.8 Å². The van der Waals surface area contributed by atoms with E-state index in [0.29, 0.717) is 17.4 Å². The number of fused-ring (bicyclic) bond motifs is 1. The van der Waals surface area contributed by atoms with Gasteiger partial charge in [0, 0.05) is 16.8 Å². The highest BCUT2D eigenvalue weighted by atomic mass is 32.2. The van der Waals surface area contributed by atoms with Gasteiger partial charge in [-0.3, -0.25) is 9.59 Å². The standard InChI is InChI=1S/C20H21N3O4S2/c1-4-27-19(25)8-13-10-29-20(21-13)23-17(24)11-28-18-7-12(2)15-6-5-14(26-3)9-16(15)22-18/h5-7,9-10H,4,8,11H2,1-3H3,(H,21,23,24). The summed E-state index contributed by atoms with van der Waals surface area (Å²) in [5, 5.41) is 6.77. The fourth-order valence-corrected chi connectivity index (χ4v) is 4.15. The van der Waals surface area contributed by atoms with Gasteiger partial charge in [0.05, 0.1) is 42.1 Å². The fraction of sp³-hybridized carbons (Fsp3) is 0.300. The van der Waals surface area contributed by atoms with Gasteiger partial charge in [-0.15, -0.1) is 11.3 Å². The number of carbonyl (C=O) groups excluding carboxylic acids is 2. The average Bonchev–Trinajstić information content (AvgIpc) is 3.12. The molecule has 152 valence electrons. The Morgan fingerprint density at radius 1 is 1.24 bits per heavy atom. The number of hydrogen-bond donors (Lipinski definition) is 1. The van der Waals surface area contributed by atoms with E-state index in [4.69, 9.17) is 9.47 Å². The van der Waals surface area contributed by atoms with Gasteiger partial charge >= 0.3 is 5.97 Å². The number of aromatic nitrogens is 2. The molecule has 3 aromatic rings. The lowest BCUT2D eigenvalue weighted by atomic mass is 10.1. The summed E-state index contributed by atoms with van der Waals surface area (Å²) in [6.07, 6.45) is 0.0959. The van der Waals surface area contributed by atoms with E-state index in [1.54, 1.807) is 19.4 Å². The number of aryl methyl sites for hydroxylation is 1. The topological polar surface area (TPSA) is 90.4 Å². The van der Waals surface area contributed by atoms with Crippen molar-refractivity contribution in [3.63, 3.8) is 0 Å². The number of thiazole rings is 1. The monoisotopic (exact) mass is 431 g/mol. The number of esters is 1. The molecule has 0 spiro atoms. The van der Waals surface area contributed by atoms with Crippen molar-refractivity contribution in [3.8, 4) is 5.75 Å². The molecule has 0 saturated carbocycles. The van der Waals surface area contributed by atoms with Crippen LogP contribution in [0.3, 0.4) is 0 Å². The van der Waals surface area contributed by atoms with Crippen LogP contribution in [-0.2, 0) is 20.7 Å². The number of benzene rings is 1. The lowest BCUT2D eigenvalue weighted by molar-refractivity contribution is -0.142. The molecule has 7 nitrogen and oxygen atoms in total. The van der Waals surface area contributed by atoms with Crippen molar-refractivity contribution >= 4 is 51.0 Å². The Kier molecular flexibility index (Phi) is 7.05. The highest BCUT2D eigenvalue weighted by Gasteiger charge is 2.12. The molecule has 3 rings (SSSR count). The Labute approximate surface area is 176 Å². The molecule has 0 fully saturated rings. The first kappa shape index (κ1) is 21.1. The van der Waals surface area contributed by atoms with Crippen molar-refractivity contribution in [1.29, 1.82) is 0 Å². The first-order chi connectivity index (χ1) is 14.0. The molecule has 0 saturated heterocycles. The predicted molar refractivity (Wildman–Crippen MR) is 115 cm³/mol. The van der Waals surface area contributed by atoms with Gasteiger partial charge in [0.25, 0.3) is 0 Å². The predicted octanol–water partition coefficient (Wildman–Crippen LogP) is 3.84. The maximum absolute atomic E-state index is 12.3. The molecule has 0 unspecified atom stereocenters. The number of hydrogen-bond acceptors (Lipinski definition) is 8. The molecule has 0 aliphatic rings. The Balaban J connectivity index is 1.59. The molecule has 9 heteroatoms. The third-order valence-corrected chi connectivity index (χ3v) is 5.70. The normalized spacial score (nSPS) is 10.7. The van der Waals surface area contributed by atoms with Gasteiger partial charge in [0.15, 0.2) is 5.13 Å². The number of nitrogens with one attached hydrogen (secondary N) is 1. The molecule has 0 radical (unpaired) electrons. The molecular formula is C20H21N3O4S2. The lowest BCUT2D eigenvalue weighted by Crippen LogP contribution is -2.14. The molecule has 29 heavy (non-hydrogen) atoms. The molecule has 0 aliphatic heterocycles. The van der Waals surface area contributed by atoms with Crippen LogP contribution in [0.4, 0.5) is 5.13 Å². The van der Waals surface area contributed by atoms with Gasteiger partial charge in [0.2, 0.25) is 5.91 Å². The lowest BCUT2D eigenvalue weighted by Gasteiger charge is -2.08. The Bertz CT molecular complexity index is 1040. The number of methoxy groups -OCH3 is 1. The Hall–Kier alpha value is -2.65. The van der Waals surface area contributed by atoms with E-state index in [1.807, 2.05) is 31.2 Å². The summed E-state index contributed by atoms with van der Waals surface area (Å²) in [4.78, 5) is 32.6. The van der Waals surface area contributed by atoms with Gasteiger partial charge < -0.3 is 14.8 Å². The average molecular weight is 432 g/mol. The largest absolute Gasteiger partial charge is 0.497 e. The molecule has 2 heterocycles. The van der Waals surface area contributed by atoms with Crippen LogP contribution in [0.5, 0.6) is 5.75 Å². The number of thioether (sulfide) groups is 1. The van der Waals surface area contributed by atoms with Crippen LogP contribution in [0.2, 0.25) is 0 Å². The summed E-state index contributed by atoms with van der Waals surface area (Å²) in [6.45, 7) is 4.10. The molecule has 2 aromatic heterocycles. The highest BCUT2D eigenvalue weighted by Crippen LogP contribution is 2.27.